The third-order valence-corrected chi connectivity index (χ3v) is 7.05. The van der Waals surface area contributed by atoms with Gasteiger partial charge in [-0.25, -0.2) is 4.79 Å². The van der Waals surface area contributed by atoms with Gasteiger partial charge in [-0.05, 0) is 34.6 Å². The van der Waals surface area contributed by atoms with Crippen LogP contribution in [-0.2, 0) is 19.1 Å². The summed E-state index contributed by atoms with van der Waals surface area (Å²) in [5.74, 6) is -1.97. The number of fused-ring (bicyclic) bond motifs is 3. The molecule has 0 bridgehead atoms. The van der Waals surface area contributed by atoms with Crippen LogP contribution in [0.2, 0.25) is 0 Å². The van der Waals surface area contributed by atoms with Gasteiger partial charge in [0.05, 0.1) is 18.6 Å². The number of carboxylic acids is 1. The lowest BCUT2D eigenvalue weighted by molar-refractivity contribution is -0.141. The summed E-state index contributed by atoms with van der Waals surface area (Å²) in [5.41, 5.74) is 4.53. The zero-order valence-corrected chi connectivity index (χ0v) is 20.0. The second-order valence-electron chi connectivity index (χ2n) is 9.30. The maximum absolute atomic E-state index is 12.9. The molecule has 1 aliphatic carbocycles. The average molecular weight is 481 g/mol. The van der Waals surface area contributed by atoms with E-state index in [1.54, 1.807) is 0 Å². The van der Waals surface area contributed by atoms with E-state index in [4.69, 9.17) is 14.6 Å². The van der Waals surface area contributed by atoms with Crippen LogP contribution in [0.25, 0.3) is 11.1 Å². The molecule has 8 nitrogen and oxygen atoms in total. The fourth-order valence-electron chi connectivity index (χ4n) is 4.81. The van der Waals surface area contributed by atoms with E-state index >= 15 is 0 Å². The molecule has 4 atom stereocenters. The molecule has 2 aromatic carbocycles. The highest BCUT2D eigenvalue weighted by Gasteiger charge is 2.33. The topological polar surface area (TPSA) is 114 Å². The Morgan fingerprint density at radius 1 is 1.09 bits per heavy atom. The van der Waals surface area contributed by atoms with E-state index in [0.717, 1.165) is 22.3 Å². The highest BCUT2D eigenvalue weighted by atomic mass is 16.5. The molecule has 1 saturated heterocycles. The van der Waals surface area contributed by atoms with Gasteiger partial charge in [-0.15, -0.1) is 0 Å². The van der Waals surface area contributed by atoms with Gasteiger partial charge >= 0.3 is 12.1 Å². The Balaban J connectivity index is 1.34. The Bertz CT molecular complexity index is 1040. The van der Waals surface area contributed by atoms with Gasteiger partial charge in [0.1, 0.15) is 12.6 Å². The maximum atomic E-state index is 12.9. The number of amides is 2. The first-order valence-corrected chi connectivity index (χ1v) is 12.1. The van der Waals surface area contributed by atoms with Crippen LogP contribution >= 0.6 is 0 Å². The zero-order valence-electron chi connectivity index (χ0n) is 20.0. The quantitative estimate of drug-likeness (QED) is 0.506. The van der Waals surface area contributed by atoms with Crippen LogP contribution in [-0.4, -0.2) is 55.0 Å². The van der Waals surface area contributed by atoms with E-state index in [-0.39, 0.29) is 43.6 Å². The standard InChI is InChI=1S/C27H32N2O6/c1-3-16(2)24(25(30)28-13-18-12-17(14-34-18)26(31)32)29-27(33)35-15-23-21-10-6-4-8-19(21)20-9-5-7-11-22(20)23/h4-11,16-18,23-24H,3,12-15H2,1-2H3,(H,28,30)(H,29,33)(H,31,32)/t16?,17-,18-,24+/m1/s1. The molecular formula is C27H32N2O6. The molecule has 2 aromatic rings. The van der Waals surface area contributed by atoms with Crippen molar-refractivity contribution in [1.29, 1.82) is 0 Å². The number of carbonyl (C=O) groups is 3. The van der Waals surface area contributed by atoms with Crippen molar-refractivity contribution in [3.63, 3.8) is 0 Å². The number of alkyl carbamates (subject to hydrolysis) is 1. The Morgan fingerprint density at radius 2 is 1.71 bits per heavy atom. The van der Waals surface area contributed by atoms with Gasteiger partial charge in [-0.1, -0.05) is 68.8 Å². The molecule has 8 heteroatoms. The zero-order chi connectivity index (χ0) is 24.9. The summed E-state index contributed by atoms with van der Waals surface area (Å²) >= 11 is 0. The van der Waals surface area contributed by atoms with E-state index in [2.05, 4.69) is 34.9 Å². The van der Waals surface area contributed by atoms with Crippen molar-refractivity contribution in [2.45, 2.75) is 44.8 Å². The molecule has 0 saturated carbocycles. The summed E-state index contributed by atoms with van der Waals surface area (Å²) < 4.78 is 11.1. The summed E-state index contributed by atoms with van der Waals surface area (Å²) in [6.45, 7) is 4.34. The fraction of sp³-hybridized carbons (Fsp3) is 0.444. The third-order valence-electron chi connectivity index (χ3n) is 7.05. The lowest BCUT2D eigenvalue weighted by Gasteiger charge is -2.24. The predicted molar refractivity (Wildman–Crippen MR) is 130 cm³/mol. The lowest BCUT2D eigenvalue weighted by Crippen LogP contribution is -2.51. The number of benzene rings is 2. The SMILES string of the molecule is CCC(C)[C@H](NC(=O)OCC1c2ccccc2-c2ccccc21)C(=O)NC[C@H]1C[C@@H](C(=O)O)CO1. The summed E-state index contributed by atoms with van der Waals surface area (Å²) in [6.07, 6.45) is 0.0362. The number of carboxylic acid groups (broad SMARTS) is 1. The van der Waals surface area contributed by atoms with Gasteiger partial charge in [0.15, 0.2) is 0 Å². The predicted octanol–water partition coefficient (Wildman–Crippen LogP) is 3.55. The molecule has 1 unspecified atom stereocenters. The summed E-state index contributed by atoms with van der Waals surface area (Å²) in [7, 11) is 0. The lowest BCUT2D eigenvalue weighted by atomic mass is 9.98. The van der Waals surface area contributed by atoms with Gasteiger partial charge in [0, 0.05) is 12.5 Å². The third kappa shape index (κ3) is 5.48. The van der Waals surface area contributed by atoms with Crippen molar-refractivity contribution in [3.8, 4) is 11.1 Å². The number of ether oxygens (including phenoxy) is 2. The molecule has 1 heterocycles. The highest BCUT2D eigenvalue weighted by molar-refractivity contribution is 5.86. The Morgan fingerprint density at radius 3 is 2.29 bits per heavy atom. The van der Waals surface area contributed by atoms with Crippen molar-refractivity contribution in [1.82, 2.24) is 10.6 Å². The molecule has 2 aliphatic rings. The van der Waals surface area contributed by atoms with Crippen LogP contribution in [0.15, 0.2) is 48.5 Å². The molecule has 0 spiro atoms. The smallest absolute Gasteiger partial charge is 0.407 e. The molecule has 1 aliphatic heterocycles. The minimum Gasteiger partial charge on any atom is -0.481 e. The van der Waals surface area contributed by atoms with Crippen molar-refractivity contribution < 1.29 is 29.0 Å². The first kappa shape index (κ1) is 24.7. The maximum Gasteiger partial charge on any atom is 0.407 e. The van der Waals surface area contributed by atoms with E-state index in [1.807, 2.05) is 38.1 Å². The van der Waals surface area contributed by atoms with E-state index < -0.39 is 24.0 Å². The van der Waals surface area contributed by atoms with Crippen molar-refractivity contribution in [2.75, 3.05) is 19.8 Å². The van der Waals surface area contributed by atoms with Crippen molar-refractivity contribution in [3.05, 3.63) is 59.7 Å². The second-order valence-corrected chi connectivity index (χ2v) is 9.30. The Hall–Kier alpha value is -3.39. The second kappa shape index (κ2) is 10.9. The minimum absolute atomic E-state index is 0.0641. The number of aliphatic carboxylic acids is 1. The number of rotatable bonds is 9. The van der Waals surface area contributed by atoms with Gasteiger partial charge in [0.2, 0.25) is 5.91 Å². The largest absolute Gasteiger partial charge is 0.481 e. The highest BCUT2D eigenvalue weighted by Crippen LogP contribution is 2.44. The molecule has 4 rings (SSSR count). The molecular weight excluding hydrogens is 448 g/mol. The molecule has 1 fully saturated rings. The number of hydrogen-bond acceptors (Lipinski definition) is 5. The van der Waals surface area contributed by atoms with E-state index in [1.165, 1.54) is 0 Å². The van der Waals surface area contributed by atoms with Crippen LogP contribution in [0, 0.1) is 11.8 Å². The van der Waals surface area contributed by atoms with Gasteiger partial charge in [-0.3, -0.25) is 9.59 Å². The number of nitrogens with one attached hydrogen (secondary N) is 2. The van der Waals surface area contributed by atoms with Crippen LogP contribution in [0.1, 0.15) is 43.7 Å². The summed E-state index contributed by atoms with van der Waals surface area (Å²) in [4.78, 5) is 36.7. The summed E-state index contributed by atoms with van der Waals surface area (Å²) in [6, 6.07) is 15.4. The minimum atomic E-state index is -0.895. The van der Waals surface area contributed by atoms with Crippen LogP contribution in [0.5, 0.6) is 0 Å². The first-order chi connectivity index (χ1) is 16.9. The molecule has 0 aromatic heterocycles. The molecule has 2 amide bonds. The number of carbonyl (C=O) groups excluding carboxylic acids is 2. The van der Waals surface area contributed by atoms with Crippen LogP contribution < -0.4 is 10.6 Å². The fourth-order valence-corrected chi connectivity index (χ4v) is 4.81. The Kier molecular flexibility index (Phi) is 7.70. The van der Waals surface area contributed by atoms with Crippen LogP contribution in [0.4, 0.5) is 4.79 Å². The van der Waals surface area contributed by atoms with Crippen molar-refractivity contribution in [2.24, 2.45) is 11.8 Å². The summed E-state index contributed by atoms with van der Waals surface area (Å²) in [5, 5.41) is 14.6. The molecule has 186 valence electrons. The average Bonchev–Trinajstić information content (AvgIpc) is 3.47. The first-order valence-electron chi connectivity index (χ1n) is 12.1. The molecule has 3 N–H and O–H groups in total. The number of hydrogen-bond donors (Lipinski definition) is 3. The van der Waals surface area contributed by atoms with Gasteiger partial charge < -0.3 is 25.2 Å². The van der Waals surface area contributed by atoms with Gasteiger partial charge in [-0.2, -0.15) is 0 Å². The Labute approximate surface area is 205 Å². The normalized spacial score (nSPS) is 20.4. The monoisotopic (exact) mass is 480 g/mol. The molecule has 0 radical (unpaired) electrons. The molecule has 35 heavy (non-hydrogen) atoms. The van der Waals surface area contributed by atoms with Gasteiger partial charge in [0.25, 0.3) is 0 Å². The van der Waals surface area contributed by atoms with Crippen molar-refractivity contribution >= 4 is 18.0 Å². The van der Waals surface area contributed by atoms with Crippen LogP contribution in [0.3, 0.4) is 0 Å². The van der Waals surface area contributed by atoms with E-state index in [0.29, 0.717) is 12.8 Å². The van der Waals surface area contributed by atoms with E-state index in [9.17, 15) is 14.4 Å².